The molecule has 3 aromatic carbocycles. The van der Waals surface area contributed by atoms with Crippen molar-refractivity contribution in [3.05, 3.63) is 99.5 Å². The maximum absolute atomic E-state index is 14.2. The van der Waals surface area contributed by atoms with Crippen molar-refractivity contribution in [1.82, 2.24) is 10.2 Å². The lowest BCUT2D eigenvalue weighted by Crippen LogP contribution is -2.54. The first-order valence-corrected chi connectivity index (χ1v) is 16.0. The van der Waals surface area contributed by atoms with Gasteiger partial charge in [-0.15, -0.1) is 0 Å². The summed E-state index contributed by atoms with van der Waals surface area (Å²) in [6.07, 6.45) is 2.12. The number of rotatable bonds is 12. The molecule has 9 heteroatoms. The van der Waals surface area contributed by atoms with Gasteiger partial charge < -0.3 is 10.2 Å². The van der Waals surface area contributed by atoms with Crippen molar-refractivity contribution in [2.45, 2.75) is 59.2 Å². The Morgan fingerprint density at radius 3 is 2.17 bits per heavy atom. The minimum atomic E-state index is -3.81. The van der Waals surface area contributed by atoms with Crippen LogP contribution in [0.25, 0.3) is 0 Å². The van der Waals surface area contributed by atoms with Crippen LogP contribution in [0.15, 0.2) is 77.3 Å². The van der Waals surface area contributed by atoms with E-state index in [2.05, 4.69) is 21.2 Å². The first-order chi connectivity index (χ1) is 18.9. The van der Waals surface area contributed by atoms with Gasteiger partial charge in [-0.1, -0.05) is 77.5 Å². The third kappa shape index (κ3) is 8.41. The normalized spacial score (nSPS) is 12.8. The number of nitrogens with one attached hydrogen (secondary N) is 1. The molecule has 0 aliphatic carbocycles. The fraction of sp³-hybridized carbons (Fsp3) is 0.355. The molecule has 0 aliphatic rings. The van der Waals surface area contributed by atoms with Crippen LogP contribution in [0.5, 0.6) is 0 Å². The standard InChI is InChI=1S/C31H38BrN3O4S/c1-6-23(3)33-31(37)29(19-25-12-8-7-9-13-25)34(20-26-15-17-27(32)18-16-26)30(36)21-35(40(5,38)39)28-14-10-11-22(2)24(28)4/h7-18,23,29H,6,19-21H2,1-5H3,(H,33,37)/t23-,29-/m0/s1. The van der Waals surface area contributed by atoms with Gasteiger partial charge in [0.05, 0.1) is 11.9 Å². The molecule has 0 saturated carbocycles. The third-order valence-electron chi connectivity index (χ3n) is 7.06. The van der Waals surface area contributed by atoms with Crippen molar-refractivity contribution in [3.63, 3.8) is 0 Å². The second-order valence-corrected chi connectivity index (χ2v) is 13.0. The highest BCUT2D eigenvalue weighted by atomic mass is 79.9. The summed E-state index contributed by atoms with van der Waals surface area (Å²) in [5, 5.41) is 3.04. The van der Waals surface area contributed by atoms with E-state index in [-0.39, 0.29) is 24.9 Å². The average molecular weight is 629 g/mol. The summed E-state index contributed by atoms with van der Waals surface area (Å²) < 4.78 is 28.0. The highest BCUT2D eigenvalue weighted by Crippen LogP contribution is 2.26. The fourth-order valence-electron chi connectivity index (χ4n) is 4.38. The SMILES string of the molecule is CC[C@H](C)NC(=O)[C@H](Cc1ccccc1)N(Cc1ccc(Br)cc1)C(=O)CN(c1cccc(C)c1C)S(C)(=O)=O. The summed E-state index contributed by atoms with van der Waals surface area (Å²) in [5.41, 5.74) is 3.86. The summed E-state index contributed by atoms with van der Waals surface area (Å²) in [6.45, 7) is 7.35. The molecule has 214 valence electrons. The van der Waals surface area contributed by atoms with Crippen molar-refractivity contribution in [1.29, 1.82) is 0 Å². The molecule has 0 heterocycles. The zero-order chi connectivity index (χ0) is 29.4. The van der Waals surface area contributed by atoms with Gasteiger partial charge in [-0.05, 0) is 67.6 Å². The molecular formula is C31H38BrN3O4S. The number of halogens is 1. The largest absolute Gasteiger partial charge is 0.352 e. The van der Waals surface area contributed by atoms with E-state index in [0.717, 1.165) is 43.7 Å². The Morgan fingerprint density at radius 1 is 0.925 bits per heavy atom. The Balaban J connectivity index is 2.08. The number of amides is 2. The van der Waals surface area contributed by atoms with Gasteiger partial charge in [0.2, 0.25) is 21.8 Å². The molecule has 0 saturated heterocycles. The first-order valence-electron chi connectivity index (χ1n) is 13.3. The van der Waals surface area contributed by atoms with Crippen LogP contribution >= 0.6 is 15.9 Å². The number of aryl methyl sites for hydroxylation is 1. The molecule has 7 nitrogen and oxygen atoms in total. The predicted octanol–water partition coefficient (Wildman–Crippen LogP) is 5.39. The molecule has 3 rings (SSSR count). The van der Waals surface area contributed by atoms with Crippen LogP contribution in [-0.4, -0.2) is 50.0 Å². The van der Waals surface area contributed by atoms with E-state index in [0.29, 0.717) is 5.69 Å². The summed E-state index contributed by atoms with van der Waals surface area (Å²) in [5.74, 6) is -0.740. The number of hydrogen-bond acceptors (Lipinski definition) is 4. The van der Waals surface area contributed by atoms with Crippen LogP contribution in [0.3, 0.4) is 0 Å². The fourth-order valence-corrected chi connectivity index (χ4v) is 5.55. The van der Waals surface area contributed by atoms with E-state index < -0.39 is 28.5 Å². The summed E-state index contributed by atoms with van der Waals surface area (Å²) in [7, 11) is -3.81. The van der Waals surface area contributed by atoms with Crippen LogP contribution in [0.2, 0.25) is 0 Å². The minimum absolute atomic E-state index is 0.0853. The molecule has 0 unspecified atom stereocenters. The lowest BCUT2D eigenvalue weighted by atomic mass is 10.0. The van der Waals surface area contributed by atoms with Gasteiger partial charge in [-0.25, -0.2) is 8.42 Å². The van der Waals surface area contributed by atoms with Gasteiger partial charge in [-0.3, -0.25) is 13.9 Å². The zero-order valence-corrected chi connectivity index (χ0v) is 26.1. The predicted molar refractivity (Wildman–Crippen MR) is 165 cm³/mol. The van der Waals surface area contributed by atoms with Crippen molar-refractivity contribution in [3.8, 4) is 0 Å². The second kappa shape index (κ2) is 13.9. The summed E-state index contributed by atoms with van der Waals surface area (Å²) in [6, 6.07) is 21.5. The van der Waals surface area contributed by atoms with Crippen LogP contribution in [0, 0.1) is 13.8 Å². The number of nitrogens with zero attached hydrogens (tertiary/aromatic N) is 2. The number of carbonyl (C=O) groups is 2. The molecule has 0 aromatic heterocycles. The first kappa shape index (κ1) is 31.4. The van der Waals surface area contributed by atoms with E-state index in [9.17, 15) is 18.0 Å². The van der Waals surface area contributed by atoms with Crippen molar-refractivity contribution in [2.75, 3.05) is 17.1 Å². The zero-order valence-electron chi connectivity index (χ0n) is 23.7. The van der Waals surface area contributed by atoms with Gasteiger partial charge in [0.1, 0.15) is 12.6 Å². The van der Waals surface area contributed by atoms with E-state index in [4.69, 9.17) is 0 Å². The Labute approximate surface area is 246 Å². The Morgan fingerprint density at radius 2 is 1.57 bits per heavy atom. The van der Waals surface area contributed by atoms with Crippen LogP contribution in [0.1, 0.15) is 42.5 Å². The molecule has 0 fully saturated rings. The molecule has 0 radical (unpaired) electrons. The molecule has 0 spiro atoms. The average Bonchev–Trinajstić information content (AvgIpc) is 2.91. The van der Waals surface area contributed by atoms with Gasteiger partial charge >= 0.3 is 0 Å². The molecule has 40 heavy (non-hydrogen) atoms. The Bertz CT molecular complexity index is 1410. The maximum Gasteiger partial charge on any atom is 0.244 e. The molecule has 2 atom stereocenters. The number of hydrogen-bond donors (Lipinski definition) is 1. The second-order valence-electron chi connectivity index (χ2n) is 10.2. The van der Waals surface area contributed by atoms with E-state index in [1.807, 2.05) is 88.4 Å². The van der Waals surface area contributed by atoms with Crippen molar-refractivity contribution < 1.29 is 18.0 Å². The van der Waals surface area contributed by atoms with Crippen molar-refractivity contribution in [2.24, 2.45) is 0 Å². The van der Waals surface area contributed by atoms with E-state index >= 15 is 0 Å². The quantitative estimate of drug-likeness (QED) is 0.292. The monoisotopic (exact) mass is 627 g/mol. The number of sulfonamides is 1. The Kier molecular flexibility index (Phi) is 10.9. The lowest BCUT2D eigenvalue weighted by Gasteiger charge is -2.34. The summed E-state index contributed by atoms with van der Waals surface area (Å²) in [4.78, 5) is 29.4. The van der Waals surface area contributed by atoms with Gasteiger partial charge in [0.15, 0.2) is 0 Å². The molecule has 1 N–H and O–H groups in total. The molecule has 0 bridgehead atoms. The lowest BCUT2D eigenvalue weighted by molar-refractivity contribution is -0.140. The third-order valence-corrected chi connectivity index (χ3v) is 8.72. The van der Waals surface area contributed by atoms with Crippen LogP contribution in [-0.2, 0) is 32.6 Å². The van der Waals surface area contributed by atoms with Crippen LogP contribution < -0.4 is 9.62 Å². The number of carbonyl (C=O) groups excluding carboxylic acids is 2. The number of anilines is 1. The number of benzene rings is 3. The molecule has 0 aliphatic heterocycles. The maximum atomic E-state index is 14.2. The molecule has 2 amide bonds. The molecule has 3 aromatic rings. The topological polar surface area (TPSA) is 86.8 Å². The highest BCUT2D eigenvalue weighted by Gasteiger charge is 2.33. The van der Waals surface area contributed by atoms with Gasteiger partial charge in [0.25, 0.3) is 0 Å². The van der Waals surface area contributed by atoms with Gasteiger partial charge in [0, 0.05) is 23.5 Å². The van der Waals surface area contributed by atoms with Crippen LogP contribution in [0.4, 0.5) is 5.69 Å². The smallest absolute Gasteiger partial charge is 0.244 e. The highest BCUT2D eigenvalue weighted by molar-refractivity contribution is 9.10. The van der Waals surface area contributed by atoms with E-state index in [1.165, 1.54) is 4.90 Å². The van der Waals surface area contributed by atoms with E-state index in [1.54, 1.807) is 12.1 Å². The summed E-state index contributed by atoms with van der Waals surface area (Å²) >= 11 is 3.45. The van der Waals surface area contributed by atoms with Gasteiger partial charge in [-0.2, -0.15) is 0 Å². The Hall–Kier alpha value is -3.17. The minimum Gasteiger partial charge on any atom is -0.352 e. The van der Waals surface area contributed by atoms with Crippen molar-refractivity contribution >= 4 is 43.5 Å². The molecular weight excluding hydrogens is 590 g/mol.